The van der Waals surface area contributed by atoms with E-state index in [0.29, 0.717) is 13.1 Å². The highest BCUT2D eigenvalue weighted by Crippen LogP contribution is 2.24. The van der Waals surface area contributed by atoms with Gasteiger partial charge in [0.15, 0.2) is 0 Å². The number of rotatable bonds is 2. The Morgan fingerprint density at radius 1 is 1.07 bits per heavy atom. The Balaban J connectivity index is 1.58. The minimum atomic E-state index is -0.479. The number of carbonyl (C=O) groups excluding carboxylic acids is 2. The Hall–Kier alpha value is -2.04. The third-order valence-corrected chi connectivity index (χ3v) is 5.58. The van der Waals surface area contributed by atoms with Crippen molar-refractivity contribution >= 4 is 12.0 Å². The zero-order chi connectivity index (χ0) is 19.6. The normalized spacial score (nSPS) is 18.0. The van der Waals surface area contributed by atoms with Crippen molar-refractivity contribution in [3.8, 4) is 0 Å². The molecule has 2 aliphatic rings. The SMILES string of the molecule is CN(C(=O)c1ccc2c(c1)CCCC2)C1CCN(C(=O)OC(C)(C)C)CC1. The fraction of sp³-hybridized carbons (Fsp3) is 0.636. The fourth-order valence-electron chi connectivity index (χ4n) is 4.00. The number of likely N-dealkylation sites (tertiary alicyclic amines) is 1. The fourth-order valence-corrected chi connectivity index (χ4v) is 4.00. The van der Waals surface area contributed by atoms with Gasteiger partial charge in [-0.3, -0.25) is 4.79 Å². The molecule has 1 aromatic rings. The summed E-state index contributed by atoms with van der Waals surface area (Å²) in [5.41, 5.74) is 3.03. The lowest BCUT2D eigenvalue weighted by atomic mass is 9.90. The molecule has 0 spiro atoms. The van der Waals surface area contributed by atoms with Crippen LogP contribution in [-0.2, 0) is 17.6 Å². The Bertz CT molecular complexity index is 700. The third kappa shape index (κ3) is 4.82. The van der Waals surface area contributed by atoms with Crippen LogP contribution in [0.2, 0.25) is 0 Å². The highest BCUT2D eigenvalue weighted by Gasteiger charge is 2.30. The van der Waals surface area contributed by atoms with Crippen molar-refractivity contribution in [2.75, 3.05) is 20.1 Å². The van der Waals surface area contributed by atoms with E-state index in [-0.39, 0.29) is 18.0 Å². The standard InChI is InChI=1S/C22H32N2O3/c1-22(2,3)27-21(26)24-13-11-19(12-14-24)23(4)20(25)18-10-9-16-7-5-6-8-17(16)15-18/h9-10,15,19H,5-8,11-14H2,1-4H3. The van der Waals surface area contributed by atoms with Crippen molar-refractivity contribution in [3.63, 3.8) is 0 Å². The number of hydrogen-bond acceptors (Lipinski definition) is 3. The van der Waals surface area contributed by atoms with E-state index in [1.807, 2.05) is 38.8 Å². The van der Waals surface area contributed by atoms with Crippen molar-refractivity contribution in [2.45, 2.75) is 70.9 Å². The van der Waals surface area contributed by atoms with E-state index in [1.54, 1.807) is 4.90 Å². The van der Waals surface area contributed by atoms with Gasteiger partial charge in [0.1, 0.15) is 5.60 Å². The molecule has 5 heteroatoms. The molecule has 1 heterocycles. The second-order valence-electron chi connectivity index (χ2n) is 8.81. The molecule has 2 amide bonds. The van der Waals surface area contributed by atoms with Gasteiger partial charge in [0.05, 0.1) is 0 Å². The van der Waals surface area contributed by atoms with Gasteiger partial charge in [-0.25, -0.2) is 4.79 Å². The Labute approximate surface area is 162 Å². The first kappa shape index (κ1) is 19.7. The van der Waals surface area contributed by atoms with Crippen LogP contribution in [0.5, 0.6) is 0 Å². The summed E-state index contributed by atoms with van der Waals surface area (Å²) in [5.74, 6) is 0.0825. The van der Waals surface area contributed by atoms with E-state index >= 15 is 0 Å². The van der Waals surface area contributed by atoms with Crippen molar-refractivity contribution in [1.29, 1.82) is 0 Å². The molecule has 0 unspecified atom stereocenters. The maximum absolute atomic E-state index is 13.0. The molecule has 0 atom stereocenters. The molecule has 1 aliphatic heterocycles. The van der Waals surface area contributed by atoms with E-state index in [2.05, 4.69) is 12.1 Å². The quantitative estimate of drug-likeness (QED) is 0.787. The van der Waals surface area contributed by atoms with Gasteiger partial charge in [0, 0.05) is 31.7 Å². The largest absolute Gasteiger partial charge is 0.444 e. The van der Waals surface area contributed by atoms with Crippen LogP contribution >= 0.6 is 0 Å². The van der Waals surface area contributed by atoms with Crippen LogP contribution in [0.3, 0.4) is 0 Å². The average molecular weight is 373 g/mol. The monoisotopic (exact) mass is 372 g/mol. The second-order valence-corrected chi connectivity index (χ2v) is 8.81. The van der Waals surface area contributed by atoms with Crippen molar-refractivity contribution in [3.05, 3.63) is 34.9 Å². The van der Waals surface area contributed by atoms with E-state index in [4.69, 9.17) is 4.74 Å². The maximum atomic E-state index is 13.0. The topological polar surface area (TPSA) is 49.9 Å². The van der Waals surface area contributed by atoms with Gasteiger partial charge >= 0.3 is 6.09 Å². The number of aryl methyl sites for hydroxylation is 2. The van der Waals surface area contributed by atoms with Crippen LogP contribution in [-0.4, -0.2) is 53.6 Å². The van der Waals surface area contributed by atoms with Gasteiger partial charge in [-0.1, -0.05) is 6.07 Å². The van der Waals surface area contributed by atoms with Crippen LogP contribution in [0.4, 0.5) is 4.79 Å². The number of ether oxygens (including phenoxy) is 1. The number of carbonyl (C=O) groups is 2. The number of benzene rings is 1. The predicted molar refractivity (Wildman–Crippen MR) is 106 cm³/mol. The molecule has 0 saturated carbocycles. The summed E-state index contributed by atoms with van der Waals surface area (Å²) in [5, 5.41) is 0. The van der Waals surface area contributed by atoms with Gasteiger partial charge in [-0.2, -0.15) is 0 Å². The number of amides is 2. The molecule has 3 rings (SSSR count). The van der Waals surface area contributed by atoms with E-state index in [0.717, 1.165) is 31.2 Å². The second kappa shape index (κ2) is 7.91. The van der Waals surface area contributed by atoms with E-state index < -0.39 is 5.60 Å². The minimum Gasteiger partial charge on any atom is -0.444 e. The predicted octanol–water partition coefficient (Wildman–Crippen LogP) is 4.04. The van der Waals surface area contributed by atoms with Crippen molar-refractivity contribution < 1.29 is 14.3 Å². The van der Waals surface area contributed by atoms with Gasteiger partial charge in [-0.05, 0) is 82.6 Å². The van der Waals surface area contributed by atoms with Crippen LogP contribution in [0, 0.1) is 0 Å². The summed E-state index contributed by atoms with van der Waals surface area (Å²) in [7, 11) is 1.88. The van der Waals surface area contributed by atoms with E-state index in [1.165, 1.54) is 24.0 Å². The zero-order valence-corrected chi connectivity index (χ0v) is 17.1. The van der Waals surface area contributed by atoms with Crippen molar-refractivity contribution in [1.82, 2.24) is 9.80 Å². The van der Waals surface area contributed by atoms with Gasteiger partial charge in [0.2, 0.25) is 0 Å². The van der Waals surface area contributed by atoms with Gasteiger partial charge in [-0.15, -0.1) is 0 Å². The number of hydrogen-bond donors (Lipinski definition) is 0. The molecular formula is C22H32N2O3. The molecule has 0 radical (unpaired) electrons. The molecule has 27 heavy (non-hydrogen) atoms. The molecule has 0 aromatic heterocycles. The first-order chi connectivity index (χ1) is 12.7. The Morgan fingerprint density at radius 3 is 2.33 bits per heavy atom. The summed E-state index contributed by atoms with van der Waals surface area (Å²) in [6, 6.07) is 6.34. The van der Waals surface area contributed by atoms with Crippen LogP contribution in [0.25, 0.3) is 0 Å². The van der Waals surface area contributed by atoms with E-state index in [9.17, 15) is 9.59 Å². The Kier molecular flexibility index (Phi) is 5.78. The molecule has 1 aliphatic carbocycles. The first-order valence-corrected chi connectivity index (χ1v) is 10.1. The van der Waals surface area contributed by atoms with Gasteiger partial charge < -0.3 is 14.5 Å². The lowest BCUT2D eigenvalue weighted by Gasteiger charge is -2.37. The summed E-state index contributed by atoms with van der Waals surface area (Å²) in [6.45, 7) is 6.89. The zero-order valence-electron chi connectivity index (χ0n) is 17.1. The first-order valence-electron chi connectivity index (χ1n) is 10.1. The number of piperidine rings is 1. The third-order valence-electron chi connectivity index (χ3n) is 5.58. The average Bonchev–Trinajstić information content (AvgIpc) is 2.65. The Morgan fingerprint density at radius 2 is 1.70 bits per heavy atom. The highest BCUT2D eigenvalue weighted by atomic mass is 16.6. The molecule has 1 aromatic carbocycles. The van der Waals surface area contributed by atoms with Crippen LogP contribution < -0.4 is 0 Å². The molecule has 0 bridgehead atoms. The lowest BCUT2D eigenvalue weighted by molar-refractivity contribution is 0.0160. The molecule has 0 N–H and O–H groups in total. The lowest BCUT2D eigenvalue weighted by Crippen LogP contribution is -2.48. The molecular weight excluding hydrogens is 340 g/mol. The number of fused-ring (bicyclic) bond motifs is 1. The van der Waals surface area contributed by atoms with Gasteiger partial charge in [0.25, 0.3) is 5.91 Å². The molecule has 5 nitrogen and oxygen atoms in total. The molecule has 1 saturated heterocycles. The van der Waals surface area contributed by atoms with Crippen LogP contribution in [0.15, 0.2) is 18.2 Å². The molecule has 1 fully saturated rings. The molecule has 148 valence electrons. The summed E-state index contributed by atoms with van der Waals surface area (Å²) < 4.78 is 5.45. The highest BCUT2D eigenvalue weighted by molar-refractivity contribution is 5.94. The summed E-state index contributed by atoms with van der Waals surface area (Å²) >= 11 is 0. The van der Waals surface area contributed by atoms with Crippen LogP contribution in [0.1, 0.15) is 67.9 Å². The summed E-state index contributed by atoms with van der Waals surface area (Å²) in [4.78, 5) is 28.8. The number of nitrogens with zero attached hydrogens (tertiary/aromatic N) is 2. The minimum absolute atomic E-state index is 0.0825. The van der Waals surface area contributed by atoms with Crippen molar-refractivity contribution in [2.24, 2.45) is 0 Å². The summed E-state index contributed by atoms with van der Waals surface area (Å²) in [6.07, 6.45) is 5.97. The maximum Gasteiger partial charge on any atom is 0.410 e. The smallest absolute Gasteiger partial charge is 0.410 e.